The predicted octanol–water partition coefficient (Wildman–Crippen LogP) is 11.7. The van der Waals surface area contributed by atoms with Crippen LogP contribution in [-0.4, -0.2) is 15.9 Å². The van der Waals surface area contributed by atoms with E-state index >= 15 is 0 Å². The Morgan fingerprint density at radius 1 is 0.486 bits per heavy atom. The first-order chi connectivity index (χ1) is 17.9. The molecule has 0 aromatic heterocycles. The van der Waals surface area contributed by atoms with E-state index in [0.717, 1.165) is 32.1 Å². The van der Waals surface area contributed by atoms with Crippen LogP contribution in [0.1, 0.15) is 194 Å². The van der Waals surface area contributed by atoms with Gasteiger partial charge in [0, 0.05) is 0 Å². The van der Waals surface area contributed by atoms with Crippen LogP contribution < -0.4 is 0 Å². The number of phosphoric ester groups is 1. The summed E-state index contributed by atoms with van der Waals surface area (Å²) < 4.78 is 16.7. The maximum Gasteiger partial charge on any atom is 0.469 e. The molecule has 224 valence electrons. The average Bonchev–Trinajstić information content (AvgIpc) is 2.86. The van der Waals surface area contributed by atoms with Crippen molar-refractivity contribution in [2.75, 3.05) is 0 Å². The molecule has 2 N–H and O–H groups in total. The summed E-state index contributed by atoms with van der Waals surface area (Å²) in [5.41, 5.74) is 0. The highest BCUT2D eigenvalue weighted by Gasteiger charge is 2.26. The molecule has 0 amide bonds. The van der Waals surface area contributed by atoms with E-state index < -0.39 is 7.82 Å². The molecular weight excluding hydrogens is 479 g/mol. The first-order valence-electron chi connectivity index (χ1n) is 16.6. The highest BCUT2D eigenvalue weighted by atomic mass is 31.2. The van der Waals surface area contributed by atoms with Crippen LogP contribution in [0.3, 0.4) is 0 Å². The van der Waals surface area contributed by atoms with Crippen molar-refractivity contribution < 1.29 is 18.9 Å². The molecule has 0 aliphatic rings. The zero-order valence-electron chi connectivity index (χ0n) is 25.4. The molecule has 0 radical (unpaired) electrons. The Morgan fingerprint density at radius 3 is 1.05 bits per heavy atom. The molecule has 0 fully saturated rings. The largest absolute Gasteiger partial charge is 0.469 e. The predicted molar refractivity (Wildman–Crippen MR) is 162 cm³/mol. The van der Waals surface area contributed by atoms with Gasteiger partial charge in [-0.05, 0) is 18.8 Å². The maximum absolute atomic E-state index is 11.5. The van der Waals surface area contributed by atoms with Gasteiger partial charge in [-0.25, -0.2) is 4.57 Å². The van der Waals surface area contributed by atoms with E-state index in [1.165, 1.54) is 141 Å². The number of hydrogen-bond acceptors (Lipinski definition) is 2. The van der Waals surface area contributed by atoms with E-state index in [2.05, 4.69) is 20.8 Å². The zero-order valence-corrected chi connectivity index (χ0v) is 26.3. The monoisotopic (exact) mass is 546 g/mol. The van der Waals surface area contributed by atoms with Gasteiger partial charge in [-0.2, -0.15) is 0 Å². The Kier molecular flexibility index (Phi) is 27.8. The van der Waals surface area contributed by atoms with Gasteiger partial charge >= 0.3 is 7.82 Å². The van der Waals surface area contributed by atoms with E-state index in [4.69, 9.17) is 4.52 Å². The topological polar surface area (TPSA) is 66.8 Å². The van der Waals surface area contributed by atoms with Crippen LogP contribution >= 0.6 is 7.82 Å². The van der Waals surface area contributed by atoms with Gasteiger partial charge in [-0.1, -0.05) is 181 Å². The summed E-state index contributed by atoms with van der Waals surface area (Å²) in [6.07, 6.45) is 34.5. The smallest absolute Gasteiger partial charge is 0.303 e. The number of rotatable bonds is 30. The minimum absolute atomic E-state index is 0.202. The van der Waals surface area contributed by atoms with Crippen LogP contribution in [0.25, 0.3) is 0 Å². The minimum Gasteiger partial charge on any atom is -0.303 e. The summed E-state index contributed by atoms with van der Waals surface area (Å²) in [6.45, 7) is 6.65. The summed E-state index contributed by atoms with van der Waals surface area (Å²) in [4.78, 5) is 18.8. The van der Waals surface area contributed by atoms with Gasteiger partial charge in [0.05, 0.1) is 6.10 Å². The van der Waals surface area contributed by atoms with Crippen molar-refractivity contribution in [1.82, 2.24) is 0 Å². The van der Waals surface area contributed by atoms with Crippen molar-refractivity contribution in [3.05, 3.63) is 0 Å². The lowest BCUT2D eigenvalue weighted by Gasteiger charge is -2.24. The molecule has 0 aliphatic carbocycles. The fourth-order valence-electron chi connectivity index (χ4n) is 5.47. The van der Waals surface area contributed by atoms with Crippen molar-refractivity contribution in [2.45, 2.75) is 200 Å². The van der Waals surface area contributed by atoms with Crippen LogP contribution in [0.15, 0.2) is 0 Å². The second kappa shape index (κ2) is 27.7. The summed E-state index contributed by atoms with van der Waals surface area (Å²) >= 11 is 0. The molecule has 5 heteroatoms. The molecule has 0 aromatic rings. The van der Waals surface area contributed by atoms with Crippen LogP contribution in [0.5, 0.6) is 0 Å². The van der Waals surface area contributed by atoms with Crippen LogP contribution in [0.2, 0.25) is 0 Å². The van der Waals surface area contributed by atoms with E-state index in [-0.39, 0.29) is 12.0 Å². The van der Waals surface area contributed by atoms with Gasteiger partial charge in [0.25, 0.3) is 0 Å². The third-order valence-corrected chi connectivity index (χ3v) is 8.56. The van der Waals surface area contributed by atoms with E-state index in [9.17, 15) is 14.4 Å². The Morgan fingerprint density at radius 2 is 0.757 bits per heavy atom. The first kappa shape index (κ1) is 37.1. The van der Waals surface area contributed by atoms with E-state index in [1.807, 2.05) is 0 Å². The standard InChI is InChI=1S/C32H67O4P/c1-4-6-8-10-12-14-16-17-18-19-20-22-24-26-28-30-32(36-37(33,34)35)31(3)29-27-25-23-21-15-13-11-9-7-5-2/h31-32H,4-30H2,1-3H3,(H2,33,34,35). The van der Waals surface area contributed by atoms with Gasteiger partial charge < -0.3 is 9.79 Å². The highest BCUT2D eigenvalue weighted by Crippen LogP contribution is 2.41. The Balaban J connectivity index is 3.77. The van der Waals surface area contributed by atoms with Crippen LogP contribution in [0.4, 0.5) is 0 Å². The van der Waals surface area contributed by atoms with Gasteiger partial charge in [0.15, 0.2) is 0 Å². The van der Waals surface area contributed by atoms with Crippen LogP contribution in [-0.2, 0) is 9.09 Å². The molecule has 0 aliphatic heterocycles. The lowest BCUT2D eigenvalue weighted by molar-refractivity contribution is 0.0809. The van der Waals surface area contributed by atoms with Crippen LogP contribution in [0, 0.1) is 5.92 Å². The second-order valence-electron chi connectivity index (χ2n) is 11.8. The molecule has 2 atom stereocenters. The second-order valence-corrected chi connectivity index (χ2v) is 13.0. The van der Waals surface area contributed by atoms with Crippen molar-refractivity contribution >= 4 is 7.82 Å². The Bertz CT molecular complexity index is 493. The SMILES string of the molecule is CCCCCCCCCCCCCCCCCC(OP(=O)(O)O)C(C)CCCCCCCCCCCC. The summed E-state index contributed by atoms with van der Waals surface area (Å²) in [5, 5.41) is 0. The fraction of sp³-hybridized carbons (Fsp3) is 1.00. The fourth-order valence-corrected chi connectivity index (χ4v) is 6.14. The maximum atomic E-state index is 11.5. The molecule has 0 bridgehead atoms. The van der Waals surface area contributed by atoms with Gasteiger partial charge in [0.1, 0.15) is 0 Å². The normalized spacial score (nSPS) is 13.8. The van der Waals surface area contributed by atoms with Crippen molar-refractivity contribution in [1.29, 1.82) is 0 Å². The van der Waals surface area contributed by atoms with Crippen molar-refractivity contribution in [3.8, 4) is 0 Å². The third-order valence-electron chi connectivity index (χ3n) is 8.01. The molecule has 0 saturated carbocycles. The van der Waals surface area contributed by atoms with Crippen molar-refractivity contribution in [2.24, 2.45) is 5.92 Å². The number of unbranched alkanes of at least 4 members (excludes halogenated alkanes) is 23. The molecule has 0 heterocycles. The first-order valence-corrected chi connectivity index (χ1v) is 18.2. The molecule has 4 nitrogen and oxygen atoms in total. The molecule has 0 saturated heterocycles. The molecule has 0 spiro atoms. The minimum atomic E-state index is -4.43. The van der Waals surface area contributed by atoms with E-state index in [1.54, 1.807) is 0 Å². The summed E-state index contributed by atoms with van der Waals surface area (Å²) in [7, 11) is -4.43. The molecular formula is C32H67O4P. The number of phosphoric acid groups is 1. The Labute approximate surface area is 232 Å². The summed E-state index contributed by atoms with van der Waals surface area (Å²) in [5.74, 6) is 0.202. The van der Waals surface area contributed by atoms with Gasteiger partial charge in [-0.15, -0.1) is 0 Å². The lowest BCUT2D eigenvalue weighted by Crippen LogP contribution is -2.21. The molecule has 2 unspecified atom stereocenters. The summed E-state index contributed by atoms with van der Waals surface area (Å²) in [6, 6.07) is 0. The molecule has 0 rings (SSSR count). The lowest BCUT2D eigenvalue weighted by atomic mass is 9.93. The average molecular weight is 547 g/mol. The highest BCUT2D eigenvalue weighted by molar-refractivity contribution is 7.46. The quantitative estimate of drug-likeness (QED) is 0.0694. The molecule has 37 heavy (non-hydrogen) atoms. The molecule has 0 aromatic carbocycles. The van der Waals surface area contributed by atoms with E-state index in [0.29, 0.717) is 0 Å². The van der Waals surface area contributed by atoms with Crippen molar-refractivity contribution in [3.63, 3.8) is 0 Å². The number of hydrogen-bond donors (Lipinski definition) is 2. The van der Waals surface area contributed by atoms with Gasteiger partial charge in [0.2, 0.25) is 0 Å². The Hall–Kier alpha value is 0.110. The zero-order chi connectivity index (χ0) is 27.5. The van der Waals surface area contributed by atoms with Gasteiger partial charge in [-0.3, -0.25) is 4.52 Å². The third kappa shape index (κ3) is 28.9.